The fourth-order valence-corrected chi connectivity index (χ4v) is 1.82. The molecule has 0 amide bonds. The van der Waals surface area contributed by atoms with Crippen molar-refractivity contribution in [2.24, 2.45) is 0 Å². The average molecular weight is 340 g/mol. The second-order valence-corrected chi connectivity index (χ2v) is 4.87. The maximum Gasteiger partial charge on any atom is 0.338 e. The Bertz CT molecular complexity index is 835. The van der Waals surface area contributed by atoms with Crippen molar-refractivity contribution < 1.29 is 28.5 Å². The normalized spacial score (nSPS) is 10.8. The molecule has 0 bridgehead atoms. The number of carbonyl (C=O) groups excluding carboxylic acids is 2. The second kappa shape index (κ2) is 8.93. The van der Waals surface area contributed by atoms with Crippen LogP contribution in [0.4, 0.5) is 0 Å². The molecule has 0 aliphatic rings. The molecular formula is C19H16O6. The van der Waals surface area contributed by atoms with E-state index in [1.807, 2.05) is 24.3 Å². The van der Waals surface area contributed by atoms with Crippen LogP contribution in [0.15, 0.2) is 73.6 Å². The molecule has 0 N–H and O–H groups in total. The van der Waals surface area contributed by atoms with Crippen LogP contribution >= 0.6 is 0 Å². The summed E-state index contributed by atoms with van der Waals surface area (Å²) in [5.41, 5.74) is 0.306. The standard InChI is InChI=1S/C19H16O6/c1-14(2)19(21)25-10-9-24-18-6-4-15-11-17(5-3-16(15)12-18)23-8-7-22-13-20/h3-13H,1H2,2H3/b8-7-,10-9-. The summed E-state index contributed by atoms with van der Waals surface area (Å²) in [5.74, 6) is 0.667. The van der Waals surface area contributed by atoms with Crippen LogP contribution in [-0.4, -0.2) is 12.4 Å². The Hall–Kier alpha value is -3.54. The molecule has 0 saturated heterocycles. The van der Waals surface area contributed by atoms with Gasteiger partial charge in [0, 0.05) is 5.57 Å². The molecule has 128 valence electrons. The van der Waals surface area contributed by atoms with E-state index < -0.39 is 5.97 Å². The van der Waals surface area contributed by atoms with Crippen LogP contribution in [0.1, 0.15) is 6.92 Å². The number of carbonyl (C=O) groups is 2. The fraction of sp³-hybridized carbons (Fsp3) is 0.0526. The SMILES string of the molecule is C=C(C)C(=O)O/C=C\Oc1ccc2cc(O/C=C\OC=O)ccc2c1. The van der Waals surface area contributed by atoms with Gasteiger partial charge in [-0.05, 0) is 42.0 Å². The minimum Gasteiger partial charge on any atom is -0.462 e. The van der Waals surface area contributed by atoms with Gasteiger partial charge in [-0.15, -0.1) is 0 Å². The van der Waals surface area contributed by atoms with Gasteiger partial charge in [0.2, 0.25) is 0 Å². The summed E-state index contributed by atoms with van der Waals surface area (Å²) in [5, 5.41) is 1.87. The third-order valence-electron chi connectivity index (χ3n) is 2.96. The molecule has 0 heterocycles. The van der Waals surface area contributed by atoms with Crippen molar-refractivity contribution in [2.75, 3.05) is 0 Å². The van der Waals surface area contributed by atoms with Gasteiger partial charge in [-0.1, -0.05) is 18.7 Å². The summed E-state index contributed by atoms with van der Waals surface area (Å²) in [6, 6.07) is 10.9. The lowest BCUT2D eigenvalue weighted by atomic mass is 10.1. The molecule has 2 rings (SSSR count). The predicted molar refractivity (Wildman–Crippen MR) is 91.5 cm³/mol. The summed E-state index contributed by atoms with van der Waals surface area (Å²) < 4.78 is 19.9. The van der Waals surface area contributed by atoms with Crippen LogP contribution in [0.5, 0.6) is 11.5 Å². The van der Waals surface area contributed by atoms with Gasteiger partial charge in [0.15, 0.2) is 0 Å². The number of rotatable bonds is 8. The van der Waals surface area contributed by atoms with E-state index in [1.165, 1.54) is 12.5 Å². The second-order valence-electron chi connectivity index (χ2n) is 4.87. The monoisotopic (exact) mass is 340 g/mol. The largest absolute Gasteiger partial charge is 0.462 e. The topological polar surface area (TPSA) is 71.1 Å². The van der Waals surface area contributed by atoms with Crippen LogP contribution in [-0.2, 0) is 19.1 Å². The molecule has 25 heavy (non-hydrogen) atoms. The first kappa shape index (κ1) is 17.8. The molecule has 0 aromatic heterocycles. The first-order valence-electron chi connectivity index (χ1n) is 7.23. The number of fused-ring (bicyclic) bond motifs is 1. The highest BCUT2D eigenvalue weighted by atomic mass is 16.5. The fourth-order valence-electron chi connectivity index (χ4n) is 1.82. The van der Waals surface area contributed by atoms with Gasteiger partial charge in [-0.25, -0.2) is 4.79 Å². The van der Waals surface area contributed by atoms with Crippen LogP contribution in [0.25, 0.3) is 10.8 Å². The number of hydrogen-bond acceptors (Lipinski definition) is 6. The first-order valence-corrected chi connectivity index (χ1v) is 7.23. The lowest BCUT2D eigenvalue weighted by Crippen LogP contribution is -1.99. The Labute approximate surface area is 144 Å². The van der Waals surface area contributed by atoms with Gasteiger partial charge < -0.3 is 18.9 Å². The molecule has 0 spiro atoms. The van der Waals surface area contributed by atoms with E-state index in [4.69, 9.17) is 14.2 Å². The molecule has 0 aliphatic carbocycles. The van der Waals surface area contributed by atoms with Gasteiger partial charge in [0.25, 0.3) is 6.47 Å². The lowest BCUT2D eigenvalue weighted by Gasteiger charge is -2.05. The van der Waals surface area contributed by atoms with Crippen LogP contribution in [0.2, 0.25) is 0 Å². The number of ether oxygens (including phenoxy) is 4. The summed E-state index contributed by atoms with van der Waals surface area (Å²) in [7, 11) is 0. The minimum atomic E-state index is -0.515. The summed E-state index contributed by atoms with van der Waals surface area (Å²) in [6.07, 6.45) is 4.84. The molecule has 2 aromatic rings. The van der Waals surface area contributed by atoms with Crippen molar-refractivity contribution in [1.29, 1.82) is 0 Å². The zero-order valence-corrected chi connectivity index (χ0v) is 13.5. The Morgan fingerprint density at radius 2 is 1.48 bits per heavy atom. The molecule has 0 unspecified atom stereocenters. The highest BCUT2D eigenvalue weighted by molar-refractivity contribution is 5.87. The zero-order valence-electron chi connectivity index (χ0n) is 13.5. The number of esters is 1. The van der Waals surface area contributed by atoms with Crippen LogP contribution in [0, 0.1) is 0 Å². The third kappa shape index (κ3) is 5.54. The van der Waals surface area contributed by atoms with E-state index in [2.05, 4.69) is 11.3 Å². The molecule has 2 aromatic carbocycles. The molecule has 0 fully saturated rings. The quantitative estimate of drug-likeness (QED) is 0.315. The highest BCUT2D eigenvalue weighted by Crippen LogP contribution is 2.25. The molecule has 0 atom stereocenters. The van der Waals surface area contributed by atoms with Crippen LogP contribution < -0.4 is 9.47 Å². The zero-order chi connectivity index (χ0) is 18.1. The van der Waals surface area contributed by atoms with E-state index in [0.29, 0.717) is 23.5 Å². The van der Waals surface area contributed by atoms with E-state index >= 15 is 0 Å². The van der Waals surface area contributed by atoms with Gasteiger partial charge in [0.1, 0.15) is 36.5 Å². The van der Waals surface area contributed by atoms with Gasteiger partial charge in [-0.3, -0.25) is 4.79 Å². The summed E-state index contributed by atoms with van der Waals surface area (Å²) in [6.45, 7) is 5.34. The molecule has 6 heteroatoms. The molecule has 0 radical (unpaired) electrons. The van der Waals surface area contributed by atoms with Gasteiger partial charge in [0.05, 0.1) is 0 Å². The number of benzene rings is 2. The third-order valence-corrected chi connectivity index (χ3v) is 2.96. The Morgan fingerprint density at radius 1 is 0.920 bits per heavy atom. The Kier molecular flexibility index (Phi) is 6.36. The van der Waals surface area contributed by atoms with Crippen molar-refractivity contribution in [3.8, 4) is 11.5 Å². The van der Waals surface area contributed by atoms with Crippen molar-refractivity contribution in [3.63, 3.8) is 0 Å². The van der Waals surface area contributed by atoms with E-state index in [0.717, 1.165) is 23.3 Å². The van der Waals surface area contributed by atoms with Crippen LogP contribution in [0.3, 0.4) is 0 Å². The molecule has 0 saturated carbocycles. The highest BCUT2D eigenvalue weighted by Gasteiger charge is 2.01. The van der Waals surface area contributed by atoms with Crippen molar-refractivity contribution in [3.05, 3.63) is 73.6 Å². The van der Waals surface area contributed by atoms with E-state index in [9.17, 15) is 9.59 Å². The Balaban J connectivity index is 2.00. The van der Waals surface area contributed by atoms with Crippen molar-refractivity contribution in [2.45, 2.75) is 6.92 Å². The first-order chi connectivity index (χ1) is 12.1. The Morgan fingerprint density at radius 3 is 2.00 bits per heavy atom. The smallest absolute Gasteiger partial charge is 0.338 e. The average Bonchev–Trinajstić information content (AvgIpc) is 2.62. The van der Waals surface area contributed by atoms with Gasteiger partial charge in [-0.2, -0.15) is 0 Å². The predicted octanol–water partition coefficient (Wildman–Crippen LogP) is 3.83. The minimum absolute atomic E-state index is 0.301. The van der Waals surface area contributed by atoms with E-state index in [-0.39, 0.29) is 0 Å². The maximum atomic E-state index is 11.2. The molecule has 6 nitrogen and oxygen atoms in total. The summed E-state index contributed by atoms with van der Waals surface area (Å²) >= 11 is 0. The van der Waals surface area contributed by atoms with Gasteiger partial charge >= 0.3 is 5.97 Å². The lowest BCUT2D eigenvalue weighted by molar-refractivity contribution is -0.133. The summed E-state index contributed by atoms with van der Waals surface area (Å²) in [4.78, 5) is 21.2. The molecular weight excluding hydrogens is 324 g/mol. The molecule has 0 aliphatic heterocycles. The maximum absolute atomic E-state index is 11.2. The van der Waals surface area contributed by atoms with Crippen molar-refractivity contribution in [1.82, 2.24) is 0 Å². The number of hydrogen-bond donors (Lipinski definition) is 0. The van der Waals surface area contributed by atoms with Crippen molar-refractivity contribution >= 4 is 23.2 Å². The van der Waals surface area contributed by atoms with E-state index in [1.54, 1.807) is 19.1 Å².